The number of nitrogens with one attached hydrogen (secondary N) is 2. The summed E-state index contributed by atoms with van der Waals surface area (Å²) in [5, 5.41) is 9.53. The Hall–Kier alpha value is -3.03. The molecule has 2 amide bonds. The molecular formula is C30H28Cl2FN4O+. The number of carbonyl (C=O) groups excluding carboxylic acids is 1. The Balaban J connectivity index is 1.43. The Morgan fingerprint density at radius 1 is 0.974 bits per heavy atom. The van der Waals surface area contributed by atoms with E-state index in [1.165, 1.54) is 12.1 Å². The largest absolute Gasteiger partial charge is 0.422 e. The van der Waals surface area contributed by atoms with Crippen LogP contribution in [0.3, 0.4) is 0 Å². The van der Waals surface area contributed by atoms with E-state index in [9.17, 15) is 9.18 Å². The molecule has 0 aliphatic carbocycles. The minimum Gasteiger partial charge on any atom is -0.317 e. The van der Waals surface area contributed by atoms with Crippen molar-refractivity contribution in [2.75, 3.05) is 19.6 Å². The number of fused-ring (bicyclic) bond motifs is 3. The van der Waals surface area contributed by atoms with Crippen LogP contribution in [0.2, 0.25) is 10.2 Å². The Labute approximate surface area is 231 Å². The first-order chi connectivity index (χ1) is 18.4. The molecule has 2 aliphatic heterocycles. The smallest absolute Gasteiger partial charge is 0.317 e. The zero-order valence-corrected chi connectivity index (χ0v) is 22.3. The SMILES string of the molecule is O=C(NCc1ccnc(Cl)c1)[N+]1(Cc2ccc3cc(F)ccc3c2)CC2(CCNCC2)c2cc(Cl)ccc21. The van der Waals surface area contributed by atoms with E-state index in [0.717, 1.165) is 59.1 Å². The summed E-state index contributed by atoms with van der Waals surface area (Å²) in [6.07, 6.45) is 3.51. The molecule has 8 heteroatoms. The van der Waals surface area contributed by atoms with E-state index in [1.807, 2.05) is 30.3 Å². The van der Waals surface area contributed by atoms with Crippen LogP contribution >= 0.6 is 23.2 Å². The van der Waals surface area contributed by atoms with E-state index in [4.69, 9.17) is 23.2 Å². The quantitative estimate of drug-likeness (QED) is 0.219. The summed E-state index contributed by atoms with van der Waals surface area (Å²) < 4.78 is 13.9. The van der Waals surface area contributed by atoms with Crippen molar-refractivity contribution in [3.63, 3.8) is 0 Å². The first-order valence-electron chi connectivity index (χ1n) is 12.8. The Morgan fingerprint density at radius 3 is 2.58 bits per heavy atom. The fourth-order valence-corrected chi connectivity index (χ4v) is 6.65. The number of hydrogen-bond donors (Lipinski definition) is 2. The first kappa shape index (κ1) is 25.3. The molecule has 2 N–H and O–H groups in total. The van der Waals surface area contributed by atoms with Crippen molar-refractivity contribution in [1.82, 2.24) is 20.1 Å². The van der Waals surface area contributed by atoms with E-state index in [0.29, 0.717) is 29.8 Å². The van der Waals surface area contributed by atoms with Gasteiger partial charge in [0.1, 0.15) is 29.7 Å². The molecule has 1 atom stereocenters. The van der Waals surface area contributed by atoms with Gasteiger partial charge in [-0.2, -0.15) is 0 Å². The maximum absolute atomic E-state index is 14.3. The van der Waals surface area contributed by atoms with E-state index >= 15 is 0 Å². The standard InChI is InChI=1S/C30H27Cl2FN4O/c31-24-4-6-27-26(16-24)30(8-11-34-12-9-30)19-37(27,29(38)36-17-20-7-10-35-28(32)14-20)18-21-1-2-23-15-25(33)5-3-22(23)13-21/h1-7,10,13-16,34H,8-9,11-12,17-19H2/p+1. The van der Waals surface area contributed by atoms with Crippen molar-refractivity contribution >= 4 is 45.7 Å². The Bertz CT molecular complexity index is 1540. The van der Waals surface area contributed by atoms with Crippen molar-refractivity contribution < 1.29 is 9.18 Å². The maximum Gasteiger partial charge on any atom is 0.422 e. The van der Waals surface area contributed by atoms with Gasteiger partial charge in [-0.25, -0.2) is 18.7 Å². The van der Waals surface area contributed by atoms with Gasteiger partial charge in [-0.15, -0.1) is 0 Å². The van der Waals surface area contributed by atoms with Gasteiger partial charge in [0, 0.05) is 35.0 Å². The first-order valence-corrected chi connectivity index (χ1v) is 13.6. The van der Waals surface area contributed by atoms with Gasteiger partial charge in [0.25, 0.3) is 0 Å². The number of piperidine rings is 1. The second kappa shape index (κ2) is 9.93. The molecule has 4 aromatic rings. The summed E-state index contributed by atoms with van der Waals surface area (Å²) in [6, 6.07) is 20.3. The second-order valence-electron chi connectivity index (χ2n) is 10.4. The third-order valence-corrected chi connectivity index (χ3v) is 8.51. The number of hydrogen-bond acceptors (Lipinski definition) is 3. The fraction of sp³-hybridized carbons (Fsp3) is 0.267. The third-order valence-electron chi connectivity index (χ3n) is 8.07. The molecule has 3 heterocycles. The Morgan fingerprint density at radius 2 is 1.76 bits per heavy atom. The summed E-state index contributed by atoms with van der Waals surface area (Å²) in [6.45, 7) is 3.25. The lowest BCUT2D eigenvalue weighted by molar-refractivity contribution is 0.180. The molecule has 0 saturated carbocycles. The number of aromatic nitrogens is 1. The minimum absolute atomic E-state index is 0.0730. The molecule has 0 bridgehead atoms. The van der Waals surface area contributed by atoms with Gasteiger partial charge in [-0.05, 0) is 84.7 Å². The summed E-state index contributed by atoms with van der Waals surface area (Å²) in [5.41, 5.74) is 3.90. The average Bonchev–Trinajstić information content (AvgIpc) is 3.16. The van der Waals surface area contributed by atoms with Gasteiger partial charge >= 0.3 is 6.03 Å². The zero-order chi connectivity index (χ0) is 26.3. The molecule has 194 valence electrons. The lowest BCUT2D eigenvalue weighted by Crippen LogP contribution is -2.60. The van der Waals surface area contributed by atoms with Crippen molar-refractivity contribution in [3.05, 3.63) is 106 Å². The van der Waals surface area contributed by atoms with Gasteiger partial charge in [-0.1, -0.05) is 41.4 Å². The number of quaternary nitrogens is 1. The summed E-state index contributed by atoms with van der Waals surface area (Å²) in [5.74, 6) is -0.262. The van der Waals surface area contributed by atoms with Gasteiger partial charge in [0.05, 0.1) is 5.41 Å². The number of halogens is 3. The van der Waals surface area contributed by atoms with E-state index in [-0.39, 0.29) is 21.7 Å². The number of rotatable bonds is 4. The highest BCUT2D eigenvalue weighted by Crippen LogP contribution is 2.51. The number of urea groups is 1. The molecule has 38 heavy (non-hydrogen) atoms. The molecule has 5 nitrogen and oxygen atoms in total. The molecular weight excluding hydrogens is 522 g/mol. The summed E-state index contributed by atoms with van der Waals surface area (Å²) in [4.78, 5) is 18.4. The highest BCUT2D eigenvalue weighted by Gasteiger charge is 2.57. The molecule has 1 spiro atoms. The van der Waals surface area contributed by atoms with Crippen LogP contribution in [0.1, 0.15) is 29.5 Å². The van der Waals surface area contributed by atoms with E-state index in [1.54, 1.807) is 18.3 Å². The monoisotopic (exact) mass is 549 g/mol. The number of carbonyl (C=O) groups is 1. The molecule has 0 radical (unpaired) electrons. The van der Waals surface area contributed by atoms with Crippen LogP contribution in [0.5, 0.6) is 0 Å². The van der Waals surface area contributed by atoms with Crippen molar-refractivity contribution in [2.45, 2.75) is 31.3 Å². The molecule has 1 aromatic heterocycles. The molecule has 1 fully saturated rings. The fourth-order valence-electron chi connectivity index (χ4n) is 6.28. The van der Waals surface area contributed by atoms with Gasteiger partial charge in [0.2, 0.25) is 0 Å². The topological polar surface area (TPSA) is 54.0 Å². The molecule has 1 unspecified atom stereocenters. The number of benzene rings is 3. The predicted molar refractivity (Wildman–Crippen MR) is 151 cm³/mol. The number of pyridine rings is 1. The van der Waals surface area contributed by atoms with Crippen LogP contribution in [0.4, 0.5) is 14.9 Å². The minimum atomic E-state index is -0.262. The Kier molecular flexibility index (Phi) is 6.60. The van der Waals surface area contributed by atoms with Crippen molar-refractivity contribution in [2.24, 2.45) is 0 Å². The van der Waals surface area contributed by atoms with E-state index < -0.39 is 0 Å². The molecule has 6 rings (SSSR count). The maximum atomic E-state index is 14.3. The van der Waals surface area contributed by atoms with E-state index in [2.05, 4.69) is 27.8 Å². The highest BCUT2D eigenvalue weighted by molar-refractivity contribution is 6.30. The van der Waals surface area contributed by atoms with Crippen LogP contribution in [-0.2, 0) is 18.5 Å². The summed E-state index contributed by atoms with van der Waals surface area (Å²) in [7, 11) is 0. The lowest BCUT2D eigenvalue weighted by atomic mass is 9.75. The lowest BCUT2D eigenvalue weighted by Gasteiger charge is -2.37. The second-order valence-corrected chi connectivity index (χ2v) is 11.3. The van der Waals surface area contributed by atoms with Crippen LogP contribution in [-0.4, -0.2) is 30.6 Å². The highest BCUT2D eigenvalue weighted by atomic mass is 35.5. The third kappa shape index (κ3) is 4.56. The van der Waals surface area contributed by atoms with Crippen LogP contribution in [0.15, 0.2) is 72.9 Å². The van der Waals surface area contributed by atoms with Crippen LogP contribution < -0.4 is 15.1 Å². The average molecular weight is 550 g/mol. The zero-order valence-electron chi connectivity index (χ0n) is 20.8. The summed E-state index contributed by atoms with van der Waals surface area (Å²) >= 11 is 12.6. The van der Waals surface area contributed by atoms with Crippen molar-refractivity contribution in [1.29, 1.82) is 0 Å². The molecule has 1 saturated heterocycles. The van der Waals surface area contributed by atoms with Gasteiger partial charge in [-0.3, -0.25) is 0 Å². The molecule has 3 aromatic carbocycles. The van der Waals surface area contributed by atoms with Crippen LogP contribution in [0, 0.1) is 5.82 Å². The van der Waals surface area contributed by atoms with Crippen molar-refractivity contribution in [3.8, 4) is 0 Å². The van der Waals surface area contributed by atoms with Gasteiger partial charge in [0.15, 0.2) is 0 Å². The molecule has 2 aliphatic rings. The normalized spacial score (nSPS) is 20.0. The van der Waals surface area contributed by atoms with Gasteiger partial charge < -0.3 is 10.6 Å². The predicted octanol–water partition coefficient (Wildman–Crippen LogP) is 6.73. The number of amides is 2. The number of nitrogens with zero attached hydrogens (tertiary/aromatic N) is 2. The van der Waals surface area contributed by atoms with Crippen LogP contribution in [0.25, 0.3) is 10.8 Å².